The summed E-state index contributed by atoms with van der Waals surface area (Å²) in [5.74, 6) is 0.651. The molecule has 0 spiro atoms. The van der Waals surface area contributed by atoms with Crippen molar-refractivity contribution >= 4 is 66.9 Å². The molecule has 0 aliphatic carbocycles. The summed E-state index contributed by atoms with van der Waals surface area (Å²) >= 11 is 6.11. The second-order valence-corrected chi connectivity index (χ2v) is 8.92. The van der Waals surface area contributed by atoms with Crippen LogP contribution in [0.5, 0.6) is 0 Å². The highest BCUT2D eigenvalue weighted by atomic mass is 79.9. The second-order valence-electron chi connectivity index (χ2n) is 6.01. The molecule has 0 radical (unpaired) electrons. The van der Waals surface area contributed by atoms with Crippen molar-refractivity contribution in [3.8, 4) is 0 Å². The molecule has 2 amide bonds. The number of amides is 2. The number of thioether (sulfide) groups is 1. The van der Waals surface area contributed by atoms with Crippen molar-refractivity contribution in [2.45, 2.75) is 13.5 Å². The third kappa shape index (κ3) is 6.01. The molecule has 0 fully saturated rings. The van der Waals surface area contributed by atoms with Crippen molar-refractivity contribution in [2.24, 2.45) is 4.99 Å². The van der Waals surface area contributed by atoms with Gasteiger partial charge in [-0.05, 0) is 25.1 Å². The summed E-state index contributed by atoms with van der Waals surface area (Å²) in [7, 11) is 1.63. The minimum absolute atomic E-state index is 0.105. The number of aryl methyl sites for hydroxylation is 1. The number of nitrogens with zero attached hydrogens (tertiary/aromatic N) is 3. The number of nitrogens with one attached hydrogen (secondary N) is 1. The highest BCUT2D eigenvalue weighted by Crippen LogP contribution is 2.22. The van der Waals surface area contributed by atoms with Gasteiger partial charge in [0.25, 0.3) is 5.91 Å². The Kier molecular flexibility index (Phi) is 7.64. The molecule has 0 saturated carbocycles. The molecule has 1 N–H and O–H groups in total. The number of benzene rings is 1. The molecule has 154 valence electrons. The molecule has 3 aromatic rings. The van der Waals surface area contributed by atoms with E-state index < -0.39 is 0 Å². The lowest BCUT2D eigenvalue weighted by Gasteiger charge is -2.04. The number of hydrogen-bond acceptors (Lipinski definition) is 7. The molecular formula is C18H19BrN4O4S2. The number of ether oxygens (including phenoxy) is 1. The third-order valence-electron chi connectivity index (χ3n) is 3.74. The Hall–Kier alpha value is -1.95. The number of anilines is 1. The molecular weight excluding hydrogens is 480 g/mol. The van der Waals surface area contributed by atoms with Crippen LogP contribution < -0.4 is 10.1 Å². The van der Waals surface area contributed by atoms with Crippen LogP contribution in [0, 0.1) is 6.92 Å². The highest BCUT2D eigenvalue weighted by Gasteiger charge is 2.10. The van der Waals surface area contributed by atoms with Crippen molar-refractivity contribution in [1.82, 2.24) is 9.72 Å². The van der Waals surface area contributed by atoms with Crippen LogP contribution in [0.15, 0.2) is 38.3 Å². The first-order valence-corrected chi connectivity index (χ1v) is 11.4. The molecule has 29 heavy (non-hydrogen) atoms. The minimum atomic E-state index is -0.295. The van der Waals surface area contributed by atoms with Gasteiger partial charge in [0.2, 0.25) is 5.91 Å². The molecule has 0 unspecified atom stereocenters. The number of fused-ring (bicyclic) bond motifs is 1. The van der Waals surface area contributed by atoms with Crippen molar-refractivity contribution in [3.63, 3.8) is 0 Å². The third-order valence-corrected chi connectivity index (χ3v) is 6.19. The first-order valence-electron chi connectivity index (χ1n) is 8.62. The van der Waals surface area contributed by atoms with Crippen LogP contribution in [0.25, 0.3) is 10.2 Å². The zero-order valence-electron chi connectivity index (χ0n) is 15.8. The molecule has 0 aliphatic heterocycles. The van der Waals surface area contributed by atoms with Gasteiger partial charge in [0.1, 0.15) is 5.76 Å². The zero-order chi connectivity index (χ0) is 20.8. The molecule has 1 aromatic carbocycles. The van der Waals surface area contributed by atoms with Gasteiger partial charge in [0.05, 0.1) is 28.3 Å². The quantitative estimate of drug-likeness (QED) is 0.511. The summed E-state index contributed by atoms with van der Waals surface area (Å²) in [5, 5.41) is 6.31. The summed E-state index contributed by atoms with van der Waals surface area (Å²) in [6.07, 6.45) is 0. The Morgan fingerprint density at radius 1 is 1.38 bits per heavy atom. The number of aromatic nitrogens is 2. The van der Waals surface area contributed by atoms with Crippen molar-refractivity contribution in [1.29, 1.82) is 0 Å². The average Bonchev–Trinajstić information content (AvgIpc) is 3.22. The Balaban J connectivity index is 1.64. The number of hydrogen-bond donors (Lipinski definition) is 1. The van der Waals surface area contributed by atoms with E-state index in [1.165, 1.54) is 23.1 Å². The smallest absolute Gasteiger partial charge is 0.258 e. The summed E-state index contributed by atoms with van der Waals surface area (Å²) in [4.78, 5) is 29.1. The van der Waals surface area contributed by atoms with Gasteiger partial charge >= 0.3 is 0 Å². The molecule has 2 aromatic heterocycles. The molecule has 3 rings (SSSR count). The van der Waals surface area contributed by atoms with Gasteiger partial charge in [0, 0.05) is 24.2 Å². The Bertz CT molecular complexity index is 1090. The van der Waals surface area contributed by atoms with E-state index in [1.807, 2.05) is 22.8 Å². The number of halogens is 1. The van der Waals surface area contributed by atoms with E-state index in [9.17, 15) is 9.59 Å². The first-order chi connectivity index (χ1) is 14.0. The van der Waals surface area contributed by atoms with Crippen LogP contribution in [-0.4, -0.2) is 46.8 Å². The minimum Gasteiger partial charge on any atom is -0.383 e. The van der Waals surface area contributed by atoms with Crippen LogP contribution in [0.2, 0.25) is 0 Å². The maximum Gasteiger partial charge on any atom is 0.258 e. The Morgan fingerprint density at radius 2 is 2.21 bits per heavy atom. The maximum atomic E-state index is 12.3. The molecule has 0 aliphatic rings. The van der Waals surface area contributed by atoms with E-state index in [-0.39, 0.29) is 23.3 Å². The van der Waals surface area contributed by atoms with Gasteiger partial charge in [0.15, 0.2) is 10.6 Å². The lowest BCUT2D eigenvalue weighted by Crippen LogP contribution is -2.20. The van der Waals surface area contributed by atoms with Crippen LogP contribution in [0.4, 0.5) is 5.82 Å². The van der Waals surface area contributed by atoms with E-state index in [0.29, 0.717) is 29.5 Å². The lowest BCUT2D eigenvalue weighted by molar-refractivity contribution is -0.115. The van der Waals surface area contributed by atoms with Gasteiger partial charge in [-0.3, -0.25) is 9.59 Å². The van der Waals surface area contributed by atoms with Gasteiger partial charge in [-0.1, -0.05) is 32.4 Å². The van der Waals surface area contributed by atoms with Crippen molar-refractivity contribution in [3.05, 3.63) is 39.3 Å². The largest absolute Gasteiger partial charge is 0.383 e. The van der Waals surface area contributed by atoms with Crippen molar-refractivity contribution in [2.75, 3.05) is 30.5 Å². The summed E-state index contributed by atoms with van der Waals surface area (Å²) in [6.45, 7) is 2.85. The number of carbonyl (C=O) groups excluding carboxylic acids is 2. The molecule has 0 bridgehead atoms. The fraction of sp³-hybridized carbons (Fsp3) is 0.333. The summed E-state index contributed by atoms with van der Waals surface area (Å²) in [6, 6.07) is 7.56. The van der Waals surface area contributed by atoms with Gasteiger partial charge < -0.3 is 19.1 Å². The topological polar surface area (TPSA) is 98.7 Å². The summed E-state index contributed by atoms with van der Waals surface area (Å²) in [5.41, 5.74) is 0.997. The van der Waals surface area contributed by atoms with Gasteiger partial charge in [-0.25, -0.2) is 0 Å². The van der Waals surface area contributed by atoms with Crippen molar-refractivity contribution < 1.29 is 18.8 Å². The fourth-order valence-electron chi connectivity index (χ4n) is 2.51. The van der Waals surface area contributed by atoms with Gasteiger partial charge in [-0.15, -0.1) is 11.8 Å². The standard InChI is InChI=1S/C18H19BrN4O4S2/c1-11-7-15(22-27-11)20-16(24)9-28-10-17(25)21-18-23(5-6-26-2)13-4-3-12(19)8-14(13)29-18/h3-4,7-8H,5-6,9-10H2,1-2H3,(H,20,22,24). The SMILES string of the molecule is COCCn1c(=NC(=O)CSCC(=O)Nc2cc(C)on2)sc2cc(Br)ccc21. The number of thiazole rings is 1. The van der Waals surface area contributed by atoms with E-state index in [1.54, 1.807) is 20.1 Å². The van der Waals surface area contributed by atoms with E-state index in [4.69, 9.17) is 9.26 Å². The number of methoxy groups -OCH3 is 1. The summed E-state index contributed by atoms with van der Waals surface area (Å²) < 4.78 is 14.0. The lowest BCUT2D eigenvalue weighted by atomic mass is 10.3. The Labute approximate surface area is 183 Å². The number of rotatable bonds is 8. The van der Waals surface area contributed by atoms with Crippen LogP contribution in [-0.2, 0) is 20.9 Å². The predicted molar refractivity (Wildman–Crippen MR) is 117 cm³/mol. The Morgan fingerprint density at radius 3 is 2.93 bits per heavy atom. The normalized spacial score (nSPS) is 11.9. The van der Waals surface area contributed by atoms with E-state index in [2.05, 4.69) is 31.4 Å². The average molecular weight is 499 g/mol. The second kappa shape index (κ2) is 10.2. The monoisotopic (exact) mass is 498 g/mol. The maximum absolute atomic E-state index is 12.3. The molecule has 8 nitrogen and oxygen atoms in total. The first kappa shape index (κ1) is 21.8. The molecule has 0 saturated heterocycles. The van der Waals surface area contributed by atoms with Crippen LogP contribution in [0.3, 0.4) is 0 Å². The molecule has 0 atom stereocenters. The van der Waals surface area contributed by atoms with E-state index in [0.717, 1.165) is 14.7 Å². The van der Waals surface area contributed by atoms with E-state index >= 15 is 0 Å². The fourth-order valence-corrected chi connectivity index (χ4v) is 4.73. The van der Waals surface area contributed by atoms with Gasteiger partial charge in [-0.2, -0.15) is 4.99 Å². The molecule has 11 heteroatoms. The zero-order valence-corrected chi connectivity index (χ0v) is 19.0. The van der Waals surface area contributed by atoms with Crippen LogP contribution >= 0.6 is 39.0 Å². The number of carbonyl (C=O) groups is 2. The molecule has 2 heterocycles. The van der Waals surface area contributed by atoms with Crippen LogP contribution in [0.1, 0.15) is 5.76 Å². The predicted octanol–water partition coefficient (Wildman–Crippen LogP) is 3.21. The highest BCUT2D eigenvalue weighted by molar-refractivity contribution is 9.10.